The van der Waals surface area contributed by atoms with Crippen LogP contribution in [0, 0.1) is 0 Å². The molecule has 0 saturated heterocycles. The van der Waals surface area contributed by atoms with Crippen molar-refractivity contribution in [3.05, 3.63) is 85.1 Å². The Kier molecular flexibility index (Phi) is 45.9. The fraction of sp³-hybridized carbons (Fsp3) is 0.706. The lowest BCUT2D eigenvalue weighted by Crippen LogP contribution is -2.28. The molecule has 0 bridgehead atoms. The molecular formula is C51H90NO7P. The van der Waals surface area contributed by atoms with Gasteiger partial charge in [0, 0.05) is 19.6 Å². The molecule has 0 rings (SSSR count). The summed E-state index contributed by atoms with van der Waals surface area (Å²) in [4.78, 5) is 22.5. The van der Waals surface area contributed by atoms with E-state index in [0.717, 1.165) is 83.5 Å². The second-order valence-corrected chi connectivity index (χ2v) is 17.0. The third-order valence-corrected chi connectivity index (χ3v) is 10.8. The van der Waals surface area contributed by atoms with Crippen LogP contribution in [0.2, 0.25) is 0 Å². The molecule has 60 heavy (non-hydrogen) atoms. The molecule has 0 amide bonds. The van der Waals surface area contributed by atoms with Crippen molar-refractivity contribution < 1.29 is 32.8 Å². The first kappa shape index (κ1) is 57.7. The normalized spacial score (nSPS) is 14.1. The zero-order valence-electron chi connectivity index (χ0n) is 38.4. The summed E-state index contributed by atoms with van der Waals surface area (Å²) in [6.45, 7) is 4.74. The lowest BCUT2D eigenvalue weighted by Gasteiger charge is -2.20. The fourth-order valence-corrected chi connectivity index (χ4v) is 7.05. The molecule has 0 radical (unpaired) electrons. The molecule has 0 aromatic carbocycles. The molecule has 0 aliphatic carbocycles. The average Bonchev–Trinajstić information content (AvgIpc) is 3.24. The Morgan fingerprint density at radius 3 is 1.42 bits per heavy atom. The third kappa shape index (κ3) is 46.7. The highest BCUT2D eigenvalue weighted by Crippen LogP contribution is 2.43. The molecule has 0 aliphatic rings. The molecule has 0 aliphatic heterocycles. The first-order chi connectivity index (χ1) is 29.4. The van der Waals surface area contributed by atoms with Crippen molar-refractivity contribution in [2.24, 2.45) is 5.73 Å². The SMILES string of the molecule is CC/C=C\C/C=C\C/C=C\C/C=C\C/C=C\C/C=C\CCCCCCCOCC(COP(=O)(O)OCCN)OC(=O)CCCCCCCCC/C=C\CCCCCCCC. The summed E-state index contributed by atoms with van der Waals surface area (Å²) < 4.78 is 33.5. The number of carbonyl (C=O) groups is 1. The standard InChI is InChI=1S/C51H90NO7P/c1-3-5-7-9-11-13-15-17-19-21-22-23-24-25-26-27-29-31-33-35-37-39-41-43-46-56-48-50(49-58-60(54,55)57-47-45-52)59-51(53)44-42-40-38-36-34-32-30-28-20-18-16-14-12-10-8-6-4-2/h5,7,11,13,17-20,22-23,25-26,29,31,50H,3-4,6,8-10,12,14-16,21,24,27-28,30,32-49,52H2,1-2H3,(H,54,55)/b7-5-,13-11-,19-17-,20-18-,23-22-,26-25-,31-29-. The van der Waals surface area contributed by atoms with Gasteiger partial charge in [0.2, 0.25) is 0 Å². The predicted molar refractivity (Wildman–Crippen MR) is 256 cm³/mol. The van der Waals surface area contributed by atoms with Crippen molar-refractivity contribution in [2.45, 2.75) is 200 Å². The van der Waals surface area contributed by atoms with Gasteiger partial charge in [-0.1, -0.05) is 182 Å². The van der Waals surface area contributed by atoms with Gasteiger partial charge in [0.05, 0.1) is 19.8 Å². The smallest absolute Gasteiger partial charge is 0.457 e. The minimum Gasteiger partial charge on any atom is -0.457 e. The number of phosphoric acid groups is 1. The van der Waals surface area contributed by atoms with Gasteiger partial charge in [-0.25, -0.2) is 4.57 Å². The van der Waals surface area contributed by atoms with E-state index in [4.69, 9.17) is 24.3 Å². The lowest BCUT2D eigenvalue weighted by molar-refractivity contribution is -0.154. The van der Waals surface area contributed by atoms with Crippen LogP contribution in [-0.2, 0) is 27.9 Å². The molecule has 0 aromatic rings. The van der Waals surface area contributed by atoms with Gasteiger partial charge >= 0.3 is 13.8 Å². The van der Waals surface area contributed by atoms with Crippen LogP contribution in [0.3, 0.4) is 0 Å². The van der Waals surface area contributed by atoms with E-state index in [1.165, 1.54) is 89.9 Å². The predicted octanol–water partition coefficient (Wildman–Crippen LogP) is 14.9. The number of rotatable bonds is 45. The van der Waals surface area contributed by atoms with Gasteiger partial charge in [-0.05, 0) is 89.9 Å². The van der Waals surface area contributed by atoms with Gasteiger partial charge in [-0.3, -0.25) is 13.8 Å². The number of nitrogens with two attached hydrogens (primary N) is 1. The third-order valence-electron chi connectivity index (χ3n) is 9.80. The highest BCUT2D eigenvalue weighted by Gasteiger charge is 2.25. The molecule has 0 aromatic heterocycles. The number of ether oxygens (including phenoxy) is 2. The molecule has 346 valence electrons. The summed E-state index contributed by atoms with van der Waals surface area (Å²) in [5.74, 6) is -0.345. The molecule has 2 unspecified atom stereocenters. The quantitative estimate of drug-likeness (QED) is 0.0269. The van der Waals surface area contributed by atoms with Gasteiger partial charge in [0.15, 0.2) is 0 Å². The van der Waals surface area contributed by atoms with Crippen LogP contribution in [0.5, 0.6) is 0 Å². The Hall–Kier alpha value is -2.32. The zero-order valence-corrected chi connectivity index (χ0v) is 39.3. The molecule has 0 saturated carbocycles. The largest absolute Gasteiger partial charge is 0.472 e. The van der Waals surface area contributed by atoms with Crippen LogP contribution in [0.25, 0.3) is 0 Å². The van der Waals surface area contributed by atoms with Gasteiger partial charge in [0.1, 0.15) is 6.10 Å². The molecule has 0 spiro atoms. The van der Waals surface area contributed by atoms with Crippen molar-refractivity contribution >= 4 is 13.8 Å². The summed E-state index contributed by atoms with van der Waals surface area (Å²) in [6.07, 6.45) is 61.8. The Bertz CT molecular complexity index is 1190. The second-order valence-electron chi connectivity index (χ2n) is 15.6. The highest BCUT2D eigenvalue weighted by atomic mass is 31.2. The van der Waals surface area contributed by atoms with E-state index in [1.54, 1.807) is 0 Å². The summed E-state index contributed by atoms with van der Waals surface area (Å²) in [7, 11) is -4.29. The van der Waals surface area contributed by atoms with E-state index in [1.807, 2.05) is 0 Å². The maximum atomic E-state index is 12.6. The Balaban J connectivity index is 4.06. The van der Waals surface area contributed by atoms with Crippen LogP contribution in [0.1, 0.15) is 194 Å². The summed E-state index contributed by atoms with van der Waals surface area (Å²) in [5.41, 5.74) is 5.38. The van der Waals surface area contributed by atoms with E-state index in [9.17, 15) is 14.3 Å². The Morgan fingerprint density at radius 1 is 0.517 bits per heavy atom. The van der Waals surface area contributed by atoms with Crippen LogP contribution in [-0.4, -0.2) is 49.9 Å². The number of esters is 1. The molecule has 0 fully saturated rings. The van der Waals surface area contributed by atoms with Crippen LogP contribution in [0.4, 0.5) is 0 Å². The van der Waals surface area contributed by atoms with Crippen LogP contribution >= 0.6 is 7.82 Å². The number of unbranched alkanes of at least 4 members (excludes halogenated alkanes) is 18. The monoisotopic (exact) mass is 860 g/mol. The molecule has 8 nitrogen and oxygen atoms in total. The van der Waals surface area contributed by atoms with E-state index in [2.05, 4.69) is 98.9 Å². The first-order valence-electron chi connectivity index (χ1n) is 24.1. The molecule has 0 heterocycles. The highest BCUT2D eigenvalue weighted by molar-refractivity contribution is 7.47. The Labute approximate surface area is 368 Å². The van der Waals surface area contributed by atoms with Gasteiger partial charge in [-0.2, -0.15) is 0 Å². The minimum atomic E-state index is -4.29. The van der Waals surface area contributed by atoms with Gasteiger partial charge in [0.25, 0.3) is 0 Å². The maximum Gasteiger partial charge on any atom is 0.472 e. The number of hydrogen-bond acceptors (Lipinski definition) is 7. The van der Waals surface area contributed by atoms with Gasteiger partial charge in [-0.15, -0.1) is 0 Å². The Morgan fingerprint density at radius 2 is 0.933 bits per heavy atom. The zero-order chi connectivity index (χ0) is 43.7. The van der Waals surface area contributed by atoms with Crippen LogP contribution in [0.15, 0.2) is 85.1 Å². The van der Waals surface area contributed by atoms with Crippen molar-refractivity contribution in [1.82, 2.24) is 0 Å². The lowest BCUT2D eigenvalue weighted by atomic mass is 10.1. The van der Waals surface area contributed by atoms with E-state index in [0.29, 0.717) is 13.0 Å². The van der Waals surface area contributed by atoms with Crippen molar-refractivity contribution in [3.63, 3.8) is 0 Å². The molecular weight excluding hydrogens is 770 g/mol. The van der Waals surface area contributed by atoms with Gasteiger partial charge < -0.3 is 20.1 Å². The fourth-order valence-electron chi connectivity index (χ4n) is 6.29. The van der Waals surface area contributed by atoms with Crippen molar-refractivity contribution in [2.75, 3.05) is 33.0 Å². The van der Waals surface area contributed by atoms with E-state index < -0.39 is 13.9 Å². The molecule has 2 atom stereocenters. The molecule has 9 heteroatoms. The van der Waals surface area contributed by atoms with Crippen LogP contribution < -0.4 is 5.73 Å². The van der Waals surface area contributed by atoms with E-state index in [-0.39, 0.29) is 32.3 Å². The average molecular weight is 860 g/mol. The number of allylic oxidation sites excluding steroid dienone is 14. The summed E-state index contributed by atoms with van der Waals surface area (Å²) in [5, 5.41) is 0. The number of carbonyl (C=O) groups excluding carboxylic acids is 1. The summed E-state index contributed by atoms with van der Waals surface area (Å²) in [6, 6.07) is 0. The number of hydrogen-bond donors (Lipinski definition) is 2. The van der Waals surface area contributed by atoms with Crippen molar-refractivity contribution in [3.8, 4) is 0 Å². The maximum absolute atomic E-state index is 12.6. The molecule has 3 N–H and O–H groups in total. The first-order valence-corrected chi connectivity index (χ1v) is 25.6. The second kappa shape index (κ2) is 47.7. The van der Waals surface area contributed by atoms with Crippen molar-refractivity contribution in [1.29, 1.82) is 0 Å². The summed E-state index contributed by atoms with van der Waals surface area (Å²) >= 11 is 0. The number of phosphoric ester groups is 1. The van der Waals surface area contributed by atoms with E-state index >= 15 is 0 Å². The minimum absolute atomic E-state index is 0.0919. The topological polar surface area (TPSA) is 117 Å².